The molecule has 4 rings (SSSR count). The summed E-state index contributed by atoms with van der Waals surface area (Å²) >= 11 is 0. The van der Waals surface area contributed by atoms with Crippen molar-refractivity contribution in [1.29, 1.82) is 0 Å². The number of aliphatic hydroxyl groups is 2. The van der Waals surface area contributed by atoms with Gasteiger partial charge >= 0.3 is 0 Å². The van der Waals surface area contributed by atoms with Gasteiger partial charge in [-0.1, -0.05) is 94.8 Å². The van der Waals surface area contributed by atoms with Crippen LogP contribution in [-0.4, -0.2) is 46.9 Å². The van der Waals surface area contributed by atoms with Gasteiger partial charge in [0, 0.05) is 30.7 Å². The molecule has 214 valence electrons. The Morgan fingerprint density at radius 2 is 1.73 bits per heavy atom. The molecule has 3 atom stereocenters. The van der Waals surface area contributed by atoms with Crippen LogP contribution in [0.2, 0.25) is 5.04 Å². The molecule has 3 aromatic rings. The largest absolute Gasteiger partial charge is 0.512 e. The third-order valence-electron chi connectivity index (χ3n) is 7.65. The van der Waals surface area contributed by atoms with Crippen molar-refractivity contribution in [3.63, 3.8) is 0 Å². The zero-order valence-corrected chi connectivity index (χ0v) is 25.2. The second-order valence-electron chi connectivity index (χ2n) is 11.6. The summed E-state index contributed by atoms with van der Waals surface area (Å²) in [6.45, 7) is 10.2. The molecule has 1 aliphatic heterocycles. The fourth-order valence-corrected chi connectivity index (χ4v) is 10.3. The first-order chi connectivity index (χ1) is 19.1. The third-order valence-corrected chi connectivity index (χ3v) is 12.7. The van der Waals surface area contributed by atoms with Crippen LogP contribution >= 0.6 is 0 Å². The molecular formula is C32H42N2O5Si. The Bertz CT molecular complexity index is 1310. The molecule has 0 aliphatic carbocycles. The van der Waals surface area contributed by atoms with Gasteiger partial charge in [0.1, 0.15) is 18.2 Å². The first kappa shape index (κ1) is 29.9. The number of ether oxygens (including phenoxy) is 1. The van der Waals surface area contributed by atoms with Crippen LogP contribution in [0.1, 0.15) is 71.0 Å². The van der Waals surface area contributed by atoms with Crippen LogP contribution in [0, 0.1) is 6.92 Å². The lowest BCUT2D eigenvalue weighted by atomic mass is 10.2. The molecule has 1 fully saturated rings. The van der Waals surface area contributed by atoms with Gasteiger partial charge in [-0.3, -0.25) is 4.79 Å². The zero-order chi connectivity index (χ0) is 28.9. The normalized spacial score (nSPS) is 20.1. The average molecular weight is 563 g/mol. The van der Waals surface area contributed by atoms with E-state index in [4.69, 9.17) is 9.16 Å². The summed E-state index contributed by atoms with van der Waals surface area (Å²) in [4.78, 5) is 16.7. The van der Waals surface area contributed by atoms with E-state index in [0.29, 0.717) is 24.2 Å². The first-order valence-electron chi connectivity index (χ1n) is 14.1. The van der Waals surface area contributed by atoms with E-state index < -0.39 is 26.8 Å². The average Bonchev–Trinajstić information content (AvgIpc) is 3.35. The smallest absolute Gasteiger partial charge is 0.276 e. The first-order valence-corrected chi connectivity index (χ1v) is 16.1. The monoisotopic (exact) mass is 562 g/mol. The fraction of sp³-hybridized carbons (Fsp3) is 0.438. The molecule has 1 saturated heterocycles. The van der Waals surface area contributed by atoms with E-state index in [9.17, 15) is 15.0 Å². The van der Waals surface area contributed by atoms with Crippen LogP contribution in [0.3, 0.4) is 0 Å². The quantitative estimate of drug-likeness (QED) is 0.271. The van der Waals surface area contributed by atoms with Crippen molar-refractivity contribution in [3.8, 4) is 0 Å². The van der Waals surface area contributed by atoms with Gasteiger partial charge in [0.05, 0.1) is 18.5 Å². The molecule has 2 N–H and O–H groups in total. The lowest BCUT2D eigenvalue weighted by Crippen LogP contribution is -2.68. The zero-order valence-electron chi connectivity index (χ0n) is 24.2. The number of unbranched alkanes of at least 4 members (excludes halogenated alkanes) is 1. The predicted molar refractivity (Wildman–Crippen MR) is 161 cm³/mol. The van der Waals surface area contributed by atoms with Crippen molar-refractivity contribution in [3.05, 3.63) is 94.4 Å². The van der Waals surface area contributed by atoms with Gasteiger partial charge < -0.3 is 23.9 Å². The van der Waals surface area contributed by atoms with Crippen molar-refractivity contribution in [2.75, 3.05) is 6.61 Å². The molecule has 0 unspecified atom stereocenters. The van der Waals surface area contributed by atoms with Gasteiger partial charge in [0.2, 0.25) is 0 Å². The van der Waals surface area contributed by atoms with Crippen LogP contribution < -0.4 is 15.9 Å². The van der Waals surface area contributed by atoms with Crippen LogP contribution in [-0.2, 0) is 9.16 Å². The Labute approximate surface area is 238 Å². The molecule has 0 spiro atoms. The summed E-state index contributed by atoms with van der Waals surface area (Å²) in [6, 6.07) is 20.8. The number of aryl methyl sites for hydroxylation is 1. The van der Waals surface area contributed by atoms with Crippen LogP contribution in [0.4, 0.5) is 0 Å². The summed E-state index contributed by atoms with van der Waals surface area (Å²) in [7, 11) is -2.90. The Morgan fingerprint density at radius 1 is 1.12 bits per heavy atom. The number of rotatable bonds is 10. The Morgan fingerprint density at radius 3 is 2.25 bits per heavy atom. The molecule has 2 aromatic carbocycles. The van der Waals surface area contributed by atoms with E-state index in [2.05, 4.69) is 56.9 Å². The van der Waals surface area contributed by atoms with E-state index in [1.54, 1.807) is 23.8 Å². The van der Waals surface area contributed by atoms with Gasteiger partial charge in [-0.15, -0.1) is 0 Å². The molecule has 0 bridgehead atoms. The van der Waals surface area contributed by atoms with Gasteiger partial charge in [0.15, 0.2) is 0 Å². The van der Waals surface area contributed by atoms with Crippen molar-refractivity contribution in [2.45, 2.75) is 83.8 Å². The van der Waals surface area contributed by atoms with Crippen LogP contribution in [0.25, 0.3) is 6.08 Å². The highest BCUT2D eigenvalue weighted by Gasteiger charge is 2.53. The van der Waals surface area contributed by atoms with Gasteiger partial charge in [-0.25, -0.2) is 0 Å². The van der Waals surface area contributed by atoms with Crippen molar-refractivity contribution in [2.24, 2.45) is 0 Å². The third kappa shape index (κ3) is 6.15. The van der Waals surface area contributed by atoms with E-state index in [1.165, 1.54) is 0 Å². The Hall–Kier alpha value is -3.04. The summed E-state index contributed by atoms with van der Waals surface area (Å²) in [5.41, 5.74) is 0.133. The van der Waals surface area contributed by atoms with Crippen molar-refractivity contribution in [1.82, 2.24) is 9.55 Å². The maximum Gasteiger partial charge on any atom is 0.276 e. The molecular weight excluding hydrogens is 520 g/mol. The summed E-state index contributed by atoms with van der Waals surface area (Å²) in [6.07, 6.45) is 4.49. The molecule has 2 heterocycles. The molecule has 1 aromatic heterocycles. The highest BCUT2D eigenvalue weighted by molar-refractivity contribution is 6.99. The molecule has 1 aliphatic rings. The molecule has 40 heavy (non-hydrogen) atoms. The molecule has 7 nitrogen and oxygen atoms in total. The van der Waals surface area contributed by atoms with Crippen molar-refractivity contribution >= 4 is 24.8 Å². The topological polar surface area (TPSA) is 93.8 Å². The summed E-state index contributed by atoms with van der Waals surface area (Å²) < 4.78 is 15.5. The van der Waals surface area contributed by atoms with Crippen LogP contribution in [0.5, 0.6) is 0 Å². The molecule has 8 heteroatoms. The van der Waals surface area contributed by atoms with Gasteiger partial charge in [-0.05, 0) is 28.8 Å². The number of aliphatic hydroxyl groups excluding tert-OH is 2. The lowest BCUT2D eigenvalue weighted by molar-refractivity contribution is -0.0425. The maximum absolute atomic E-state index is 12.5. The lowest BCUT2D eigenvalue weighted by Gasteiger charge is -2.45. The predicted octanol–water partition coefficient (Wildman–Crippen LogP) is 4.87. The number of benzene rings is 2. The Balaban J connectivity index is 1.77. The minimum atomic E-state index is -2.90. The molecule has 0 radical (unpaired) electrons. The SMILES string of the molecule is CCCC/C(O)=C/c1nc(=O)c(C)cn1[C@H]1C[C@H](O[Si](c2ccccc2)(c2ccccc2)C(C)(C)C)[C@@H](CO)O1. The number of aromatic nitrogens is 2. The summed E-state index contributed by atoms with van der Waals surface area (Å²) in [5, 5.41) is 23.0. The number of allylic oxidation sites excluding steroid dienone is 1. The van der Waals surface area contributed by atoms with Crippen LogP contribution in [0.15, 0.2) is 77.4 Å². The fourth-order valence-electron chi connectivity index (χ4n) is 5.57. The Kier molecular flexibility index (Phi) is 9.46. The number of hydrogen-bond donors (Lipinski definition) is 2. The minimum Gasteiger partial charge on any atom is -0.512 e. The molecule has 0 saturated carbocycles. The van der Waals surface area contributed by atoms with E-state index in [0.717, 1.165) is 23.2 Å². The maximum atomic E-state index is 12.5. The second-order valence-corrected chi connectivity index (χ2v) is 15.9. The second kappa shape index (κ2) is 12.6. The highest BCUT2D eigenvalue weighted by atomic mass is 28.4. The number of hydrogen-bond acceptors (Lipinski definition) is 6. The minimum absolute atomic E-state index is 0.170. The highest BCUT2D eigenvalue weighted by Crippen LogP contribution is 2.41. The van der Waals surface area contributed by atoms with E-state index in [1.807, 2.05) is 36.4 Å². The van der Waals surface area contributed by atoms with E-state index in [-0.39, 0.29) is 23.0 Å². The summed E-state index contributed by atoms with van der Waals surface area (Å²) in [5.74, 6) is 0.500. The molecule has 0 amide bonds. The number of nitrogens with zero attached hydrogens (tertiary/aromatic N) is 2. The van der Waals surface area contributed by atoms with E-state index >= 15 is 0 Å². The van der Waals surface area contributed by atoms with Crippen molar-refractivity contribution < 1.29 is 19.4 Å². The van der Waals surface area contributed by atoms with Gasteiger partial charge in [-0.2, -0.15) is 4.98 Å². The standard InChI is InChI=1S/C32H42N2O5Si/c1-6-7-14-24(36)19-29-33-31(37)23(2)21-34(29)30-20-27(28(22-35)38-30)39-40(32(3,4)5,25-15-10-8-11-16-25)26-17-12-9-13-18-26/h8-13,15-19,21,27-28,30,35-36H,6-7,14,20,22H2,1-5H3/b24-19-/t27-,28+,30+/m0/s1. The van der Waals surface area contributed by atoms with Gasteiger partial charge in [0.25, 0.3) is 13.9 Å².